The molecule has 1 N–H and O–H groups in total. The molecule has 0 heterocycles. The molecule has 19 heavy (non-hydrogen) atoms. The Hall–Kier alpha value is -0.640. The normalized spacial score (nSPS) is 17.2. The Bertz CT molecular complexity index is 421. The predicted octanol–water partition coefficient (Wildman–Crippen LogP) is 3.43. The monoisotopic (exact) mass is 285 g/mol. The number of hydrogen-bond donors (Lipinski definition) is 1. The molecular formula is C15H21ClFNO. The van der Waals surface area contributed by atoms with Crippen molar-refractivity contribution in [1.29, 1.82) is 0 Å². The Kier molecular flexibility index (Phi) is 5.20. The van der Waals surface area contributed by atoms with Crippen LogP contribution in [0.5, 0.6) is 0 Å². The molecule has 2 nitrogen and oxygen atoms in total. The molecule has 1 aliphatic carbocycles. The zero-order chi connectivity index (χ0) is 13.7. The maximum absolute atomic E-state index is 13.1. The van der Waals surface area contributed by atoms with E-state index in [0.29, 0.717) is 5.02 Å². The summed E-state index contributed by atoms with van der Waals surface area (Å²) in [5.74, 6) is -0.269. The van der Waals surface area contributed by atoms with Gasteiger partial charge in [0.25, 0.3) is 0 Å². The molecule has 0 radical (unpaired) electrons. The van der Waals surface area contributed by atoms with E-state index in [2.05, 4.69) is 5.32 Å². The lowest BCUT2D eigenvalue weighted by Gasteiger charge is -2.42. The summed E-state index contributed by atoms with van der Waals surface area (Å²) in [4.78, 5) is 0. The van der Waals surface area contributed by atoms with Gasteiger partial charge in [0, 0.05) is 25.2 Å². The third kappa shape index (κ3) is 3.91. The molecule has 0 unspecified atom stereocenters. The minimum absolute atomic E-state index is 0.269. The van der Waals surface area contributed by atoms with Gasteiger partial charge in [0.15, 0.2) is 0 Å². The van der Waals surface area contributed by atoms with Gasteiger partial charge >= 0.3 is 0 Å². The van der Waals surface area contributed by atoms with Gasteiger partial charge in [-0.1, -0.05) is 24.1 Å². The van der Waals surface area contributed by atoms with Crippen molar-refractivity contribution in [2.75, 3.05) is 26.8 Å². The number of methoxy groups -OCH3 is 1. The van der Waals surface area contributed by atoms with E-state index in [4.69, 9.17) is 16.3 Å². The van der Waals surface area contributed by atoms with Crippen molar-refractivity contribution in [3.8, 4) is 0 Å². The largest absolute Gasteiger partial charge is 0.383 e. The second kappa shape index (κ2) is 6.69. The summed E-state index contributed by atoms with van der Waals surface area (Å²) in [6.45, 7) is 2.58. The van der Waals surface area contributed by atoms with Gasteiger partial charge in [-0.2, -0.15) is 0 Å². The summed E-state index contributed by atoms with van der Waals surface area (Å²) < 4.78 is 18.1. The van der Waals surface area contributed by atoms with Crippen molar-refractivity contribution in [2.45, 2.75) is 25.7 Å². The lowest BCUT2D eigenvalue weighted by Crippen LogP contribution is -2.42. The zero-order valence-corrected chi connectivity index (χ0v) is 12.1. The summed E-state index contributed by atoms with van der Waals surface area (Å²) in [6, 6.07) is 4.71. The number of halogens is 2. The van der Waals surface area contributed by atoms with Crippen LogP contribution in [0, 0.1) is 11.2 Å². The van der Waals surface area contributed by atoms with Gasteiger partial charge < -0.3 is 10.1 Å². The lowest BCUT2D eigenvalue weighted by molar-refractivity contribution is 0.123. The van der Waals surface area contributed by atoms with Crippen molar-refractivity contribution < 1.29 is 9.13 Å². The molecule has 106 valence electrons. The van der Waals surface area contributed by atoms with E-state index in [1.165, 1.54) is 31.4 Å². The van der Waals surface area contributed by atoms with Crippen LogP contribution in [0.3, 0.4) is 0 Å². The van der Waals surface area contributed by atoms with E-state index in [-0.39, 0.29) is 11.2 Å². The SMILES string of the molecule is COCCNCC1(Cc2ccc(F)cc2Cl)CCC1. The van der Waals surface area contributed by atoms with Crippen LogP contribution >= 0.6 is 11.6 Å². The lowest BCUT2D eigenvalue weighted by atomic mass is 9.65. The summed E-state index contributed by atoms with van der Waals surface area (Å²) in [5.41, 5.74) is 1.34. The molecule has 4 heteroatoms. The Balaban J connectivity index is 1.94. The molecule has 0 saturated heterocycles. The predicted molar refractivity (Wildman–Crippen MR) is 76.1 cm³/mol. The molecule has 2 rings (SSSR count). The van der Waals surface area contributed by atoms with E-state index in [0.717, 1.165) is 31.7 Å². The van der Waals surface area contributed by atoms with Crippen molar-refractivity contribution in [3.63, 3.8) is 0 Å². The molecule has 1 aromatic rings. The molecule has 1 saturated carbocycles. The number of benzene rings is 1. The fourth-order valence-electron chi connectivity index (χ4n) is 2.69. The maximum atomic E-state index is 13.1. The van der Waals surface area contributed by atoms with Crippen LogP contribution in [0.1, 0.15) is 24.8 Å². The Morgan fingerprint density at radius 1 is 1.42 bits per heavy atom. The molecule has 0 aromatic heterocycles. The van der Waals surface area contributed by atoms with Crippen LogP contribution in [0.2, 0.25) is 5.02 Å². The summed E-state index contributed by atoms with van der Waals surface area (Å²) in [7, 11) is 1.71. The molecule has 1 fully saturated rings. The average Bonchev–Trinajstić information content (AvgIpc) is 2.34. The minimum Gasteiger partial charge on any atom is -0.383 e. The van der Waals surface area contributed by atoms with Crippen LogP contribution in [0.4, 0.5) is 4.39 Å². The number of hydrogen-bond acceptors (Lipinski definition) is 2. The zero-order valence-electron chi connectivity index (χ0n) is 11.3. The van der Waals surface area contributed by atoms with Gasteiger partial charge in [-0.25, -0.2) is 4.39 Å². The molecule has 1 aliphatic rings. The highest BCUT2D eigenvalue weighted by atomic mass is 35.5. The van der Waals surface area contributed by atoms with Gasteiger partial charge in [0.05, 0.1) is 6.61 Å². The number of nitrogens with one attached hydrogen (secondary N) is 1. The standard InChI is InChI=1S/C15H21ClFNO/c1-19-8-7-18-11-15(5-2-6-15)10-12-3-4-13(17)9-14(12)16/h3-4,9,18H,2,5-8,10-11H2,1H3. The first-order chi connectivity index (χ1) is 9.15. The van der Waals surface area contributed by atoms with E-state index < -0.39 is 0 Å². The summed E-state index contributed by atoms with van der Waals surface area (Å²) in [6.07, 6.45) is 4.61. The number of rotatable bonds is 7. The van der Waals surface area contributed by atoms with Crippen LogP contribution in [0.15, 0.2) is 18.2 Å². The minimum atomic E-state index is -0.269. The summed E-state index contributed by atoms with van der Waals surface area (Å²) in [5, 5.41) is 3.98. The fraction of sp³-hybridized carbons (Fsp3) is 0.600. The van der Waals surface area contributed by atoms with E-state index in [1.54, 1.807) is 7.11 Å². The van der Waals surface area contributed by atoms with Crippen LogP contribution in [-0.4, -0.2) is 26.8 Å². The second-order valence-corrected chi connectivity index (χ2v) is 5.84. The first kappa shape index (κ1) is 14.8. The fourth-order valence-corrected chi connectivity index (χ4v) is 2.92. The quantitative estimate of drug-likeness (QED) is 0.775. The molecule has 1 aromatic carbocycles. The first-order valence-corrected chi connectivity index (χ1v) is 7.17. The Morgan fingerprint density at radius 2 is 2.21 bits per heavy atom. The molecule has 0 bridgehead atoms. The van der Waals surface area contributed by atoms with Crippen molar-refractivity contribution in [1.82, 2.24) is 5.32 Å². The Labute approximate surface area is 119 Å². The van der Waals surface area contributed by atoms with Crippen LogP contribution in [-0.2, 0) is 11.2 Å². The smallest absolute Gasteiger partial charge is 0.124 e. The van der Waals surface area contributed by atoms with Gasteiger partial charge in [0.1, 0.15) is 5.82 Å². The van der Waals surface area contributed by atoms with Gasteiger partial charge in [-0.15, -0.1) is 0 Å². The van der Waals surface area contributed by atoms with Crippen molar-refractivity contribution in [3.05, 3.63) is 34.6 Å². The highest BCUT2D eigenvalue weighted by Crippen LogP contribution is 2.44. The van der Waals surface area contributed by atoms with Crippen molar-refractivity contribution in [2.24, 2.45) is 5.41 Å². The molecule has 0 atom stereocenters. The highest BCUT2D eigenvalue weighted by molar-refractivity contribution is 6.31. The molecular weight excluding hydrogens is 265 g/mol. The third-order valence-electron chi connectivity index (χ3n) is 3.98. The molecule has 0 aliphatic heterocycles. The highest BCUT2D eigenvalue weighted by Gasteiger charge is 2.36. The maximum Gasteiger partial charge on any atom is 0.124 e. The van der Waals surface area contributed by atoms with E-state index >= 15 is 0 Å². The van der Waals surface area contributed by atoms with Crippen molar-refractivity contribution >= 4 is 11.6 Å². The van der Waals surface area contributed by atoms with Crippen LogP contribution < -0.4 is 5.32 Å². The van der Waals surface area contributed by atoms with Gasteiger partial charge in [0.2, 0.25) is 0 Å². The average molecular weight is 286 g/mol. The van der Waals surface area contributed by atoms with Crippen LogP contribution in [0.25, 0.3) is 0 Å². The Morgan fingerprint density at radius 3 is 2.79 bits per heavy atom. The second-order valence-electron chi connectivity index (χ2n) is 5.44. The van der Waals surface area contributed by atoms with Gasteiger partial charge in [-0.3, -0.25) is 0 Å². The number of ether oxygens (including phenoxy) is 1. The topological polar surface area (TPSA) is 21.3 Å². The molecule has 0 amide bonds. The first-order valence-electron chi connectivity index (χ1n) is 6.79. The third-order valence-corrected chi connectivity index (χ3v) is 4.33. The summed E-state index contributed by atoms with van der Waals surface area (Å²) >= 11 is 6.12. The van der Waals surface area contributed by atoms with E-state index in [9.17, 15) is 4.39 Å². The molecule has 0 spiro atoms. The van der Waals surface area contributed by atoms with Gasteiger partial charge in [-0.05, 0) is 42.4 Å². The van der Waals surface area contributed by atoms with E-state index in [1.807, 2.05) is 6.07 Å².